The summed E-state index contributed by atoms with van der Waals surface area (Å²) in [6.07, 6.45) is 9.94. The van der Waals surface area contributed by atoms with Gasteiger partial charge in [0.25, 0.3) is 5.82 Å². The zero-order valence-corrected chi connectivity index (χ0v) is 14.5. The van der Waals surface area contributed by atoms with E-state index in [1.165, 1.54) is 50.0 Å². The van der Waals surface area contributed by atoms with Gasteiger partial charge in [-0.3, -0.25) is 0 Å². The van der Waals surface area contributed by atoms with Crippen molar-refractivity contribution < 1.29 is 23.8 Å². The molecule has 21 heavy (non-hydrogen) atoms. The van der Waals surface area contributed by atoms with Crippen LogP contribution >= 0.6 is 7.82 Å². The molecule has 6 nitrogen and oxygen atoms in total. The van der Waals surface area contributed by atoms with Crippen LogP contribution in [0.5, 0.6) is 0 Å². The van der Waals surface area contributed by atoms with E-state index in [1.807, 2.05) is 0 Å². The van der Waals surface area contributed by atoms with Crippen LogP contribution in [0.4, 0.5) is 0 Å². The van der Waals surface area contributed by atoms with Crippen LogP contribution in [0.1, 0.15) is 58.0 Å². The number of hydrogen-bond donors (Lipinski definition) is 3. The Labute approximate surface area is 127 Å². The fraction of sp³-hybridized carbons (Fsp3) is 0.786. The first-order valence-electron chi connectivity index (χ1n) is 7.59. The van der Waals surface area contributed by atoms with E-state index in [1.54, 1.807) is 0 Å². The van der Waals surface area contributed by atoms with E-state index < -0.39 is 7.82 Å². The van der Waals surface area contributed by atoms with Crippen molar-refractivity contribution in [3.05, 3.63) is 17.7 Å². The van der Waals surface area contributed by atoms with E-state index >= 15 is 0 Å². The molecule has 0 aliphatic rings. The van der Waals surface area contributed by atoms with Gasteiger partial charge in [0.05, 0.1) is 13.6 Å². The van der Waals surface area contributed by atoms with E-state index in [9.17, 15) is 0 Å². The van der Waals surface area contributed by atoms with Crippen LogP contribution in [0.3, 0.4) is 0 Å². The third-order valence-electron chi connectivity index (χ3n) is 3.34. The first-order valence-corrected chi connectivity index (χ1v) is 9.16. The van der Waals surface area contributed by atoms with Crippen molar-refractivity contribution in [3.8, 4) is 0 Å². The third kappa shape index (κ3) is 9.04. The van der Waals surface area contributed by atoms with Gasteiger partial charge in [-0.2, -0.15) is 0 Å². The quantitative estimate of drug-likeness (QED) is 0.530. The molecule has 0 unspecified atom stereocenters. The molecule has 0 aliphatic heterocycles. The van der Waals surface area contributed by atoms with Crippen LogP contribution in [-0.2, 0) is 31.0 Å². The maximum atomic E-state index is 8.88. The number of aromatic nitrogens is 2. The highest BCUT2D eigenvalue weighted by atomic mass is 31.2. The second kappa shape index (κ2) is 10.1. The molecule has 1 aromatic rings. The lowest BCUT2D eigenvalue weighted by molar-refractivity contribution is -0.700. The molecular weight excluding hydrogens is 291 g/mol. The molecule has 7 heteroatoms. The Kier molecular flexibility index (Phi) is 9.79. The van der Waals surface area contributed by atoms with E-state index in [-0.39, 0.29) is 0 Å². The van der Waals surface area contributed by atoms with E-state index in [4.69, 9.17) is 19.2 Å². The largest absolute Gasteiger partial charge is 0.466 e. The topological polar surface area (TPSA) is 86.6 Å². The third-order valence-corrected chi connectivity index (χ3v) is 3.34. The minimum Gasteiger partial charge on any atom is -0.303 e. The first kappa shape index (κ1) is 20.3. The summed E-state index contributed by atoms with van der Waals surface area (Å²) in [5, 5.41) is 0. The predicted molar refractivity (Wildman–Crippen MR) is 82.8 cm³/mol. The Morgan fingerprint density at radius 1 is 1.10 bits per heavy atom. The molecule has 3 N–H and O–H groups in total. The van der Waals surface area contributed by atoms with Crippen molar-refractivity contribution in [3.63, 3.8) is 0 Å². The van der Waals surface area contributed by atoms with Crippen molar-refractivity contribution in [2.24, 2.45) is 7.05 Å². The lowest BCUT2D eigenvalue weighted by Crippen LogP contribution is -2.35. The van der Waals surface area contributed by atoms with E-state index in [2.05, 4.69) is 43.1 Å². The second-order valence-electron chi connectivity index (χ2n) is 5.10. The molecule has 0 spiro atoms. The highest BCUT2D eigenvalue weighted by molar-refractivity contribution is 7.45. The zero-order valence-electron chi connectivity index (χ0n) is 13.6. The fourth-order valence-electron chi connectivity index (χ4n) is 2.21. The van der Waals surface area contributed by atoms with Gasteiger partial charge in [-0.05, 0) is 19.8 Å². The summed E-state index contributed by atoms with van der Waals surface area (Å²) in [6, 6.07) is 0. The summed E-state index contributed by atoms with van der Waals surface area (Å²) in [4.78, 5) is 21.6. The average Bonchev–Trinajstić information content (AvgIpc) is 2.68. The summed E-state index contributed by atoms with van der Waals surface area (Å²) >= 11 is 0. The lowest BCUT2D eigenvalue weighted by Gasteiger charge is -2.00. The SMILES string of the molecule is CCCCc1c[n+](CC)c(CCCC)n1C.O=P(O)(O)O. The van der Waals surface area contributed by atoms with Gasteiger partial charge < -0.3 is 14.7 Å². The van der Waals surface area contributed by atoms with Crippen molar-refractivity contribution in [2.75, 3.05) is 0 Å². The molecule has 0 saturated heterocycles. The van der Waals surface area contributed by atoms with Gasteiger partial charge in [-0.1, -0.05) is 26.7 Å². The monoisotopic (exact) mass is 321 g/mol. The first-order chi connectivity index (χ1) is 9.74. The summed E-state index contributed by atoms with van der Waals surface area (Å²) < 4.78 is 13.7. The van der Waals surface area contributed by atoms with E-state index in [0.29, 0.717) is 0 Å². The summed E-state index contributed by atoms with van der Waals surface area (Å²) in [5.74, 6) is 1.50. The summed E-state index contributed by atoms with van der Waals surface area (Å²) in [6.45, 7) is 7.85. The lowest BCUT2D eigenvalue weighted by atomic mass is 10.2. The molecular formula is C14H30N2O4P+. The van der Waals surface area contributed by atoms with Crippen molar-refractivity contribution >= 4 is 7.82 Å². The standard InChI is InChI=1S/C14H27N2.H3O4P/c1-5-8-10-13-12-16(7-3)14(15(13)4)11-9-6-2;1-5(2,3)4/h12H,5-11H2,1-4H3;(H3,1,2,3,4)/q+1;. The van der Waals surface area contributed by atoms with Crippen LogP contribution in [0.25, 0.3) is 0 Å². The Hall–Kier alpha value is -0.680. The maximum Gasteiger partial charge on any atom is 0.466 e. The van der Waals surface area contributed by atoms with Crippen molar-refractivity contribution in [1.29, 1.82) is 0 Å². The molecule has 0 fully saturated rings. The van der Waals surface area contributed by atoms with Gasteiger partial charge in [0.1, 0.15) is 11.9 Å². The number of rotatable bonds is 7. The summed E-state index contributed by atoms with van der Waals surface area (Å²) in [5.41, 5.74) is 1.50. The number of imidazole rings is 1. The number of phosphoric acid groups is 1. The molecule has 0 aliphatic carbocycles. The van der Waals surface area contributed by atoms with Crippen LogP contribution < -0.4 is 4.57 Å². The van der Waals surface area contributed by atoms with Crippen molar-refractivity contribution in [1.82, 2.24) is 4.57 Å². The van der Waals surface area contributed by atoms with Gasteiger partial charge in [-0.15, -0.1) is 0 Å². The van der Waals surface area contributed by atoms with Gasteiger partial charge in [0, 0.05) is 12.8 Å². The van der Waals surface area contributed by atoms with Gasteiger partial charge in [0.2, 0.25) is 0 Å². The second-order valence-corrected chi connectivity index (χ2v) is 6.13. The molecule has 0 amide bonds. The molecule has 0 atom stereocenters. The van der Waals surface area contributed by atoms with Crippen LogP contribution in [-0.4, -0.2) is 19.2 Å². The molecule has 1 heterocycles. The average molecular weight is 321 g/mol. The highest BCUT2D eigenvalue weighted by Crippen LogP contribution is 2.25. The summed E-state index contributed by atoms with van der Waals surface area (Å²) in [7, 11) is -2.41. The zero-order chi connectivity index (χ0) is 16.5. The Balaban J connectivity index is 0.000000690. The molecule has 0 radical (unpaired) electrons. The number of hydrogen-bond acceptors (Lipinski definition) is 1. The Morgan fingerprint density at radius 2 is 1.57 bits per heavy atom. The number of nitrogens with zero attached hydrogens (tertiary/aromatic N) is 2. The minimum absolute atomic E-state index is 1.10. The minimum atomic E-state index is -4.64. The van der Waals surface area contributed by atoms with Gasteiger partial charge in [0.15, 0.2) is 0 Å². The molecule has 0 aromatic carbocycles. The maximum absolute atomic E-state index is 8.88. The van der Waals surface area contributed by atoms with Crippen molar-refractivity contribution in [2.45, 2.75) is 65.8 Å². The Bertz CT molecular complexity index is 446. The van der Waals surface area contributed by atoms with E-state index in [0.717, 1.165) is 6.54 Å². The number of unbranched alkanes of at least 4 members (excludes halogenated alkanes) is 2. The highest BCUT2D eigenvalue weighted by Gasteiger charge is 2.18. The van der Waals surface area contributed by atoms with Gasteiger partial charge in [-0.25, -0.2) is 13.7 Å². The molecule has 1 aromatic heterocycles. The predicted octanol–water partition coefficient (Wildman–Crippen LogP) is 2.09. The van der Waals surface area contributed by atoms with Crippen LogP contribution in [0, 0.1) is 0 Å². The normalized spacial score (nSPS) is 11.2. The van der Waals surface area contributed by atoms with Crippen LogP contribution in [0.15, 0.2) is 6.20 Å². The molecule has 0 saturated carbocycles. The fourth-order valence-corrected chi connectivity index (χ4v) is 2.21. The number of aryl methyl sites for hydroxylation is 2. The Morgan fingerprint density at radius 3 is 2.00 bits per heavy atom. The smallest absolute Gasteiger partial charge is 0.303 e. The molecule has 1 rings (SSSR count). The molecule has 0 bridgehead atoms. The van der Waals surface area contributed by atoms with Crippen LogP contribution in [0.2, 0.25) is 0 Å². The molecule has 124 valence electrons. The van der Waals surface area contributed by atoms with Gasteiger partial charge >= 0.3 is 7.82 Å².